The third kappa shape index (κ3) is 3.25. The quantitative estimate of drug-likeness (QED) is 0.771. The van der Waals surface area contributed by atoms with Gasteiger partial charge in [0.1, 0.15) is 0 Å². The molecule has 0 amide bonds. The van der Waals surface area contributed by atoms with Crippen molar-refractivity contribution in [1.29, 1.82) is 0 Å². The summed E-state index contributed by atoms with van der Waals surface area (Å²) in [7, 11) is 0. The number of benzene rings is 1. The van der Waals surface area contributed by atoms with Gasteiger partial charge in [-0.3, -0.25) is 0 Å². The zero-order valence-corrected chi connectivity index (χ0v) is 13.4. The minimum atomic E-state index is 0.506. The molecule has 1 aromatic carbocycles. The number of nitrogens with zero attached hydrogens (tertiary/aromatic N) is 3. The zero-order valence-electron chi connectivity index (χ0n) is 11.0. The Hall–Kier alpha value is -0.710. The van der Waals surface area contributed by atoms with E-state index >= 15 is 0 Å². The molecule has 3 nitrogen and oxygen atoms in total. The van der Waals surface area contributed by atoms with Crippen LogP contribution in [0.1, 0.15) is 13.8 Å². The van der Waals surface area contributed by atoms with Crippen LogP contribution in [-0.4, -0.2) is 21.0 Å². The van der Waals surface area contributed by atoms with E-state index in [-0.39, 0.29) is 0 Å². The predicted molar refractivity (Wildman–Crippen MR) is 82.1 cm³/mol. The lowest BCUT2D eigenvalue weighted by atomic mass is 10.2. The molecule has 0 radical (unpaired) electrons. The van der Waals surface area contributed by atoms with E-state index < -0.39 is 0 Å². The molecule has 1 aromatic heterocycles. The van der Waals surface area contributed by atoms with Crippen molar-refractivity contribution in [2.45, 2.75) is 25.5 Å². The highest BCUT2D eigenvalue weighted by Gasteiger charge is 2.16. The zero-order chi connectivity index (χ0) is 14.0. The van der Waals surface area contributed by atoms with Gasteiger partial charge in [0.25, 0.3) is 0 Å². The van der Waals surface area contributed by atoms with Crippen molar-refractivity contribution in [2.75, 3.05) is 6.26 Å². The molecule has 0 bridgehead atoms. The molecule has 0 aliphatic rings. The summed E-state index contributed by atoms with van der Waals surface area (Å²) in [4.78, 5) is 0. The highest BCUT2D eigenvalue weighted by molar-refractivity contribution is 7.98. The second kappa shape index (κ2) is 6.16. The average Bonchev–Trinajstić information content (AvgIpc) is 2.71. The number of hydrogen-bond donors (Lipinski definition) is 0. The van der Waals surface area contributed by atoms with E-state index in [4.69, 9.17) is 23.2 Å². The molecule has 0 aliphatic heterocycles. The summed E-state index contributed by atoms with van der Waals surface area (Å²) in [6.07, 6.45) is 1.99. The summed E-state index contributed by atoms with van der Waals surface area (Å²) in [6, 6.07) is 5.43. The lowest BCUT2D eigenvalue weighted by molar-refractivity contribution is 0.498. The number of thioether (sulfide) groups is 1. The first-order valence-corrected chi connectivity index (χ1v) is 7.93. The molecule has 0 aliphatic carbocycles. The standard InChI is InChI=1S/C13H15Cl2N3S/c1-8(2)7-18-12(16-17-13(18)19-3)10-5-4-9(14)6-11(10)15/h4-6,8H,7H2,1-3H3. The van der Waals surface area contributed by atoms with Gasteiger partial charge in [-0.25, -0.2) is 0 Å². The number of halogens is 2. The van der Waals surface area contributed by atoms with Crippen LogP contribution in [0, 0.1) is 5.92 Å². The van der Waals surface area contributed by atoms with Crippen LogP contribution in [-0.2, 0) is 6.54 Å². The second-order valence-electron chi connectivity index (χ2n) is 4.64. The van der Waals surface area contributed by atoms with Gasteiger partial charge in [-0.1, -0.05) is 48.8 Å². The van der Waals surface area contributed by atoms with Crippen molar-refractivity contribution in [3.05, 3.63) is 28.2 Å². The molecule has 1 heterocycles. The Morgan fingerprint density at radius 2 is 2.00 bits per heavy atom. The van der Waals surface area contributed by atoms with Gasteiger partial charge in [-0.15, -0.1) is 10.2 Å². The van der Waals surface area contributed by atoms with Gasteiger partial charge in [0.05, 0.1) is 5.02 Å². The topological polar surface area (TPSA) is 30.7 Å². The molecule has 0 saturated carbocycles. The summed E-state index contributed by atoms with van der Waals surface area (Å²) >= 11 is 13.8. The molecule has 2 rings (SSSR count). The Balaban J connectivity index is 2.52. The Bertz CT molecular complexity index is 581. The van der Waals surface area contributed by atoms with E-state index in [2.05, 4.69) is 28.6 Å². The van der Waals surface area contributed by atoms with Crippen LogP contribution in [0.3, 0.4) is 0 Å². The third-order valence-electron chi connectivity index (χ3n) is 2.62. The van der Waals surface area contributed by atoms with Crippen molar-refractivity contribution in [3.8, 4) is 11.4 Å². The lowest BCUT2D eigenvalue weighted by Crippen LogP contribution is -2.07. The van der Waals surface area contributed by atoms with Gasteiger partial charge in [0.15, 0.2) is 11.0 Å². The Kier molecular flexibility index (Phi) is 4.76. The maximum Gasteiger partial charge on any atom is 0.191 e. The van der Waals surface area contributed by atoms with Gasteiger partial charge in [-0.2, -0.15) is 0 Å². The lowest BCUT2D eigenvalue weighted by Gasteiger charge is -2.12. The van der Waals surface area contributed by atoms with Gasteiger partial charge >= 0.3 is 0 Å². The molecule has 102 valence electrons. The summed E-state index contributed by atoms with van der Waals surface area (Å²) in [5.74, 6) is 1.30. The Labute approximate surface area is 127 Å². The number of hydrogen-bond acceptors (Lipinski definition) is 3. The second-order valence-corrected chi connectivity index (χ2v) is 6.26. The summed E-state index contributed by atoms with van der Waals surface area (Å²) < 4.78 is 2.10. The fourth-order valence-corrected chi connectivity index (χ4v) is 2.84. The van der Waals surface area contributed by atoms with Crippen LogP contribution in [0.2, 0.25) is 10.0 Å². The molecular formula is C13H15Cl2N3S. The van der Waals surface area contributed by atoms with Crippen LogP contribution in [0.15, 0.2) is 23.4 Å². The van der Waals surface area contributed by atoms with Crippen LogP contribution in [0.25, 0.3) is 11.4 Å². The summed E-state index contributed by atoms with van der Waals surface area (Å²) in [6.45, 7) is 5.19. The van der Waals surface area contributed by atoms with Crippen molar-refractivity contribution in [2.24, 2.45) is 5.92 Å². The molecule has 0 saturated heterocycles. The van der Waals surface area contributed by atoms with Crippen LogP contribution in [0.5, 0.6) is 0 Å². The molecule has 0 atom stereocenters. The normalized spacial score (nSPS) is 11.3. The first kappa shape index (κ1) is 14.7. The monoisotopic (exact) mass is 315 g/mol. The predicted octanol–water partition coefficient (Wildman–Crippen LogP) is 4.63. The van der Waals surface area contributed by atoms with Crippen molar-refractivity contribution < 1.29 is 0 Å². The Morgan fingerprint density at radius 1 is 1.26 bits per heavy atom. The van der Waals surface area contributed by atoms with E-state index in [1.165, 1.54) is 0 Å². The third-order valence-corrected chi connectivity index (χ3v) is 3.83. The van der Waals surface area contributed by atoms with E-state index in [0.29, 0.717) is 16.0 Å². The van der Waals surface area contributed by atoms with Gasteiger partial charge in [0, 0.05) is 17.1 Å². The van der Waals surface area contributed by atoms with Crippen molar-refractivity contribution in [3.63, 3.8) is 0 Å². The maximum atomic E-state index is 6.25. The Morgan fingerprint density at radius 3 is 2.58 bits per heavy atom. The molecule has 0 fully saturated rings. The van der Waals surface area contributed by atoms with E-state index in [9.17, 15) is 0 Å². The molecular weight excluding hydrogens is 301 g/mol. The average molecular weight is 316 g/mol. The first-order chi connectivity index (χ1) is 9.02. The molecule has 0 spiro atoms. The van der Waals surface area contributed by atoms with E-state index in [1.54, 1.807) is 17.8 Å². The van der Waals surface area contributed by atoms with Crippen LogP contribution < -0.4 is 0 Å². The van der Waals surface area contributed by atoms with Gasteiger partial charge in [-0.05, 0) is 30.4 Å². The molecule has 0 unspecified atom stereocenters. The smallest absolute Gasteiger partial charge is 0.191 e. The van der Waals surface area contributed by atoms with E-state index in [0.717, 1.165) is 23.1 Å². The number of rotatable bonds is 4. The van der Waals surface area contributed by atoms with Gasteiger partial charge in [0.2, 0.25) is 0 Å². The first-order valence-electron chi connectivity index (χ1n) is 5.95. The molecule has 0 N–H and O–H groups in total. The fourth-order valence-electron chi connectivity index (χ4n) is 1.84. The van der Waals surface area contributed by atoms with Crippen LogP contribution in [0.4, 0.5) is 0 Å². The molecule has 6 heteroatoms. The minimum Gasteiger partial charge on any atom is -0.302 e. The summed E-state index contributed by atoms with van der Waals surface area (Å²) in [5, 5.41) is 10.6. The highest BCUT2D eigenvalue weighted by atomic mass is 35.5. The summed E-state index contributed by atoms with van der Waals surface area (Å²) in [5.41, 5.74) is 0.861. The molecule has 19 heavy (non-hydrogen) atoms. The highest BCUT2D eigenvalue weighted by Crippen LogP contribution is 2.31. The van der Waals surface area contributed by atoms with E-state index in [1.807, 2.05) is 18.4 Å². The van der Waals surface area contributed by atoms with Gasteiger partial charge < -0.3 is 4.57 Å². The maximum absolute atomic E-state index is 6.25. The number of aromatic nitrogens is 3. The minimum absolute atomic E-state index is 0.506. The fraction of sp³-hybridized carbons (Fsp3) is 0.385. The largest absolute Gasteiger partial charge is 0.302 e. The van der Waals surface area contributed by atoms with Crippen molar-refractivity contribution in [1.82, 2.24) is 14.8 Å². The van der Waals surface area contributed by atoms with Crippen LogP contribution >= 0.6 is 35.0 Å². The SMILES string of the molecule is CSc1nnc(-c2ccc(Cl)cc2Cl)n1CC(C)C. The molecule has 2 aromatic rings. The van der Waals surface area contributed by atoms with Crippen molar-refractivity contribution >= 4 is 35.0 Å².